The maximum atomic E-state index is 12.5. The van der Waals surface area contributed by atoms with E-state index in [0.717, 1.165) is 12.8 Å². The number of nitrogens with two attached hydrogens (primary N) is 1. The van der Waals surface area contributed by atoms with Crippen LogP contribution in [0.25, 0.3) is 0 Å². The maximum absolute atomic E-state index is 12.5. The lowest BCUT2D eigenvalue weighted by atomic mass is 10.1. The van der Waals surface area contributed by atoms with Gasteiger partial charge in [-0.05, 0) is 18.9 Å². The second-order valence-corrected chi connectivity index (χ2v) is 5.53. The molecule has 0 aliphatic heterocycles. The van der Waals surface area contributed by atoms with Gasteiger partial charge in [-0.25, -0.2) is 4.98 Å². The fourth-order valence-electron chi connectivity index (χ4n) is 2.62. The summed E-state index contributed by atoms with van der Waals surface area (Å²) in [7, 11) is 1.85. The minimum Gasteiger partial charge on any atom is -0.397 e. The highest BCUT2D eigenvalue weighted by Crippen LogP contribution is 2.24. The van der Waals surface area contributed by atoms with E-state index in [0.29, 0.717) is 17.3 Å². The van der Waals surface area contributed by atoms with E-state index >= 15 is 0 Å². The topological polar surface area (TPSA) is 59.2 Å². The zero-order valence-electron chi connectivity index (χ0n) is 11.2. The van der Waals surface area contributed by atoms with Crippen LogP contribution in [-0.2, 0) is 0 Å². The molecule has 0 aromatic carbocycles. The summed E-state index contributed by atoms with van der Waals surface area (Å²) in [6.45, 7) is 0. The molecule has 0 spiro atoms. The van der Waals surface area contributed by atoms with Crippen LogP contribution < -0.4 is 5.73 Å². The van der Waals surface area contributed by atoms with Gasteiger partial charge in [0.1, 0.15) is 5.15 Å². The van der Waals surface area contributed by atoms with E-state index in [1.54, 1.807) is 11.0 Å². The molecule has 5 heteroatoms. The number of carbonyl (C=O) groups is 1. The van der Waals surface area contributed by atoms with Gasteiger partial charge in [0.05, 0.1) is 17.4 Å². The number of hydrogen-bond donors (Lipinski definition) is 1. The molecule has 1 saturated carbocycles. The molecule has 104 valence electrons. The monoisotopic (exact) mass is 281 g/mol. The van der Waals surface area contributed by atoms with Crippen molar-refractivity contribution in [3.8, 4) is 0 Å². The second-order valence-electron chi connectivity index (χ2n) is 5.17. The number of nitrogens with zero attached hydrogens (tertiary/aromatic N) is 2. The van der Waals surface area contributed by atoms with Gasteiger partial charge in [-0.1, -0.05) is 37.3 Å². The summed E-state index contributed by atoms with van der Waals surface area (Å²) in [5.41, 5.74) is 6.53. The van der Waals surface area contributed by atoms with Crippen molar-refractivity contribution in [3.05, 3.63) is 23.0 Å². The van der Waals surface area contributed by atoms with Crippen molar-refractivity contribution in [2.75, 3.05) is 12.8 Å². The molecule has 1 aromatic rings. The Hall–Kier alpha value is -1.29. The first-order chi connectivity index (χ1) is 9.09. The summed E-state index contributed by atoms with van der Waals surface area (Å²) in [6.07, 6.45) is 8.49. The molecule has 1 aromatic heterocycles. The average molecular weight is 282 g/mol. The lowest BCUT2D eigenvalue weighted by Crippen LogP contribution is -2.37. The highest BCUT2D eigenvalue weighted by atomic mass is 35.5. The molecule has 0 atom stereocenters. The summed E-state index contributed by atoms with van der Waals surface area (Å²) in [6, 6.07) is 1.90. The molecule has 1 aliphatic rings. The summed E-state index contributed by atoms with van der Waals surface area (Å²) in [4.78, 5) is 18.2. The zero-order chi connectivity index (χ0) is 13.8. The number of aromatic nitrogens is 1. The highest BCUT2D eigenvalue weighted by Gasteiger charge is 2.24. The van der Waals surface area contributed by atoms with Crippen LogP contribution in [0.1, 0.15) is 48.9 Å². The number of nitrogen functional groups attached to an aromatic ring is 1. The van der Waals surface area contributed by atoms with Crippen molar-refractivity contribution in [1.82, 2.24) is 9.88 Å². The van der Waals surface area contributed by atoms with Crippen LogP contribution in [-0.4, -0.2) is 28.9 Å². The van der Waals surface area contributed by atoms with Gasteiger partial charge in [-0.15, -0.1) is 0 Å². The van der Waals surface area contributed by atoms with Gasteiger partial charge in [-0.3, -0.25) is 4.79 Å². The Kier molecular flexibility index (Phi) is 4.64. The van der Waals surface area contributed by atoms with Crippen molar-refractivity contribution < 1.29 is 4.79 Å². The lowest BCUT2D eigenvalue weighted by molar-refractivity contribution is 0.0717. The zero-order valence-corrected chi connectivity index (χ0v) is 12.0. The third-order valence-corrected chi connectivity index (χ3v) is 4.08. The number of hydrogen-bond acceptors (Lipinski definition) is 3. The summed E-state index contributed by atoms with van der Waals surface area (Å²) < 4.78 is 0. The number of pyridine rings is 1. The molecule has 0 bridgehead atoms. The van der Waals surface area contributed by atoms with Crippen LogP contribution in [0.2, 0.25) is 5.15 Å². The number of amides is 1. The van der Waals surface area contributed by atoms with Gasteiger partial charge in [-0.2, -0.15) is 0 Å². The molecule has 1 amide bonds. The van der Waals surface area contributed by atoms with Crippen molar-refractivity contribution in [1.29, 1.82) is 0 Å². The van der Waals surface area contributed by atoms with Gasteiger partial charge in [0.15, 0.2) is 0 Å². The fraction of sp³-hybridized carbons (Fsp3) is 0.571. The Bertz CT molecular complexity index is 456. The number of halogens is 1. The van der Waals surface area contributed by atoms with Gasteiger partial charge >= 0.3 is 0 Å². The molecule has 19 heavy (non-hydrogen) atoms. The van der Waals surface area contributed by atoms with Crippen LogP contribution in [0.3, 0.4) is 0 Å². The Morgan fingerprint density at radius 3 is 2.63 bits per heavy atom. The molecule has 1 aliphatic carbocycles. The summed E-state index contributed by atoms with van der Waals surface area (Å²) in [5, 5.41) is 0.222. The fourth-order valence-corrected chi connectivity index (χ4v) is 2.80. The summed E-state index contributed by atoms with van der Waals surface area (Å²) in [5.74, 6) is -0.0864. The normalized spacial score (nSPS) is 16.9. The Labute approximate surface area is 118 Å². The SMILES string of the molecule is CN(C(=O)c1cc(N)cnc1Cl)C1CCCCCC1. The molecule has 0 radical (unpaired) electrons. The average Bonchev–Trinajstić information content (AvgIpc) is 2.69. The highest BCUT2D eigenvalue weighted by molar-refractivity contribution is 6.32. The Balaban J connectivity index is 2.15. The maximum Gasteiger partial charge on any atom is 0.257 e. The minimum absolute atomic E-state index is 0.0864. The first-order valence-corrected chi connectivity index (χ1v) is 7.15. The first kappa shape index (κ1) is 14.1. The van der Waals surface area contributed by atoms with E-state index < -0.39 is 0 Å². The van der Waals surface area contributed by atoms with Crippen LogP contribution in [0.4, 0.5) is 5.69 Å². The predicted octanol–water partition coefficient (Wildman–Crippen LogP) is 3.11. The van der Waals surface area contributed by atoms with Gasteiger partial charge in [0.2, 0.25) is 0 Å². The van der Waals surface area contributed by atoms with E-state index in [9.17, 15) is 4.79 Å². The van der Waals surface area contributed by atoms with Crippen LogP contribution in [0.15, 0.2) is 12.3 Å². The first-order valence-electron chi connectivity index (χ1n) is 6.78. The molecule has 1 fully saturated rings. The molecule has 4 nitrogen and oxygen atoms in total. The molecule has 2 rings (SSSR count). The van der Waals surface area contributed by atoms with Crippen LogP contribution in [0.5, 0.6) is 0 Å². The Morgan fingerprint density at radius 2 is 2.00 bits per heavy atom. The van der Waals surface area contributed by atoms with E-state index in [1.807, 2.05) is 7.05 Å². The molecule has 0 unspecified atom stereocenters. The molecule has 0 saturated heterocycles. The third kappa shape index (κ3) is 3.38. The lowest BCUT2D eigenvalue weighted by Gasteiger charge is -2.27. The molecular weight excluding hydrogens is 262 g/mol. The quantitative estimate of drug-likeness (QED) is 0.669. The molecular formula is C14H20ClN3O. The van der Waals surface area contributed by atoms with Gasteiger partial charge < -0.3 is 10.6 Å². The van der Waals surface area contributed by atoms with Crippen molar-refractivity contribution in [2.24, 2.45) is 0 Å². The molecule has 2 N–H and O–H groups in total. The van der Waals surface area contributed by atoms with Crippen LogP contribution in [0, 0.1) is 0 Å². The number of rotatable bonds is 2. The standard InChI is InChI=1S/C14H20ClN3O/c1-18(11-6-4-2-3-5-7-11)14(19)12-8-10(16)9-17-13(12)15/h8-9,11H,2-7,16H2,1H3. The summed E-state index contributed by atoms with van der Waals surface area (Å²) >= 11 is 5.99. The largest absolute Gasteiger partial charge is 0.397 e. The van der Waals surface area contributed by atoms with Crippen molar-refractivity contribution in [3.63, 3.8) is 0 Å². The van der Waals surface area contributed by atoms with Crippen LogP contribution >= 0.6 is 11.6 Å². The Morgan fingerprint density at radius 1 is 1.37 bits per heavy atom. The van der Waals surface area contributed by atoms with E-state index in [4.69, 9.17) is 17.3 Å². The second kappa shape index (κ2) is 6.24. The van der Waals surface area contributed by atoms with Gasteiger partial charge in [0.25, 0.3) is 5.91 Å². The van der Waals surface area contributed by atoms with Crippen molar-refractivity contribution >= 4 is 23.2 Å². The molecule has 1 heterocycles. The smallest absolute Gasteiger partial charge is 0.257 e. The third-order valence-electron chi connectivity index (χ3n) is 3.78. The van der Waals surface area contributed by atoms with E-state index in [-0.39, 0.29) is 11.1 Å². The predicted molar refractivity (Wildman–Crippen MR) is 77.2 cm³/mol. The number of anilines is 1. The van der Waals surface area contributed by atoms with Gasteiger partial charge in [0, 0.05) is 13.1 Å². The van der Waals surface area contributed by atoms with Crippen molar-refractivity contribution in [2.45, 2.75) is 44.6 Å². The van der Waals surface area contributed by atoms with E-state index in [1.165, 1.54) is 31.9 Å². The minimum atomic E-state index is -0.0864. The number of carbonyl (C=O) groups excluding carboxylic acids is 1. The van der Waals surface area contributed by atoms with E-state index in [2.05, 4.69) is 4.98 Å².